The highest BCUT2D eigenvalue weighted by Gasteiger charge is 2.16. The van der Waals surface area contributed by atoms with Gasteiger partial charge in [0.2, 0.25) is 0 Å². The van der Waals surface area contributed by atoms with Crippen LogP contribution in [0.15, 0.2) is 24.4 Å². The summed E-state index contributed by atoms with van der Waals surface area (Å²) >= 11 is 6.11. The maximum absolute atomic E-state index is 11.2. The first-order chi connectivity index (χ1) is 10.9. The molecule has 0 radical (unpaired) electrons. The van der Waals surface area contributed by atoms with Gasteiger partial charge in [0.05, 0.1) is 32.9 Å². The molecule has 0 fully saturated rings. The number of carbonyl (C=O) groups excluding carboxylic acids is 1. The van der Waals surface area contributed by atoms with Crippen LogP contribution in [0.2, 0.25) is 5.02 Å². The highest BCUT2D eigenvalue weighted by atomic mass is 35.5. The van der Waals surface area contributed by atoms with E-state index in [1.807, 2.05) is 0 Å². The van der Waals surface area contributed by atoms with Gasteiger partial charge in [0, 0.05) is 6.20 Å². The number of carboxylic acids is 1. The molecule has 0 saturated carbocycles. The molecule has 0 bridgehead atoms. The molecule has 0 atom stereocenters. The van der Waals surface area contributed by atoms with Crippen molar-refractivity contribution in [3.8, 4) is 11.4 Å². The summed E-state index contributed by atoms with van der Waals surface area (Å²) in [5, 5.41) is 23.8. The van der Waals surface area contributed by atoms with E-state index in [-0.39, 0.29) is 33.2 Å². The molecule has 3 rings (SSSR count). The lowest BCUT2D eigenvalue weighted by molar-refractivity contribution is 0.0696. The number of aromatic hydroxyl groups is 1. The number of aromatic nitrogens is 3. The van der Waals surface area contributed by atoms with Crippen LogP contribution in [0.3, 0.4) is 0 Å². The smallest absolute Gasteiger partial charge is 0.335 e. The summed E-state index contributed by atoms with van der Waals surface area (Å²) in [6, 6.07) is 4.19. The van der Waals surface area contributed by atoms with Crippen molar-refractivity contribution in [2.45, 2.75) is 6.92 Å². The van der Waals surface area contributed by atoms with Crippen molar-refractivity contribution >= 4 is 34.9 Å². The second-order valence-electron chi connectivity index (χ2n) is 4.86. The lowest BCUT2D eigenvalue weighted by Crippen LogP contribution is -2.01. The van der Waals surface area contributed by atoms with E-state index < -0.39 is 5.97 Å². The van der Waals surface area contributed by atoms with E-state index >= 15 is 0 Å². The Labute approximate surface area is 134 Å². The number of hydrogen-bond acceptors (Lipinski definition) is 5. The van der Waals surface area contributed by atoms with Crippen LogP contribution in [-0.2, 0) is 0 Å². The quantitative estimate of drug-likeness (QED) is 0.715. The lowest BCUT2D eigenvalue weighted by Gasteiger charge is -2.05. The molecule has 0 spiro atoms. The number of hydrogen-bond donors (Lipinski definition) is 2. The topological polar surface area (TPSA) is 105 Å². The molecule has 116 valence electrons. The number of rotatable bonds is 3. The monoisotopic (exact) mass is 331 g/mol. The number of halogens is 1. The normalized spacial score (nSPS) is 10.9. The molecular weight excluding hydrogens is 322 g/mol. The van der Waals surface area contributed by atoms with Gasteiger partial charge >= 0.3 is 5.97 Å². The number of aldehydes is 1. The van der Waals surface area contributed by atoms with E-state index in [0.29, 0.717) is 17.4 Å². The Morgan fingerprint density at radius 1 is 1.39 bits per heavy atom. The molecule has 3 aromatic rings. The average molecular weight is 332 g/mol. The van der Waals surface area contributed by atoms with Gasteiger partial charge in [-0.1, -0.05) is 11.6 Å². The summed E-state index contributed by atoms with van der Waals surface area (Å²) in [5.41, 5.74) is 0.976. The predicted octanol–water partition coefficient (Wildman–Crippen LogP) is 2.60. The summed E-state index contributed by atoms with van der Waals surface area (Å²) in [7, 11) is 0. The Bertz CT molecular complexity index is 965. The highest BCUT2D eigenvalue weighted by Crippen LogP contribution is 2.29. The second kappa shape index (κ2) is 5.36. The summed E-state index contributed by atoms with van der Waals surface area (Å²) in [5.74, 6) is -1.31. The van der Waals surface area contributed by atoms with Crippen LogP contribution in [0.4, 0.5) is 0 Å². The minimum atomic E-state index is -1.10. The van der Waals surface area contributed by atoms with E-state index in [2.05, 4.69) is 10.1 Å². The highest BCUT2D eigenvalue weighted by molar-refractivity contribution is 6.32. The Morgan fingerprint density at radius 3 is 2.78 bits per heavy atom. The Morgan fingerprint density at radius 2 is 2.13 bits per heavy atom. The van der Waals surface area contributed by atoms with Crippen molar-refractivity contribution < 1.29 is 19.8 Å². The molecule has 0 aliphatic heterocycles. The number of aromatic carboxylic acids is 1. The van der Waals surface area contributed by atoms with Crippen LogP contribution in [-0.4, -0.2) is 37.2 Å². The molecule has 0 aliphatic rings. The number of carboxylic acid groups (broad SMARTS) is 1. The van der Waals surface area contributed by atoms with Gasteiger partial charge in [-0.3, -0.25) is 4.79 Å². The predicted molar refractivity (Wildman–Crippen MR) is 82.6 cm³/mol. The van der Waals surface area contributed by atoms with E-state index in [9.17, 15) is 14.7 Å². The van der Waals surface area contributed by atoms with E-state index in [0.717, 1.165) is 0 Å². The number of fused-ring (bicyclic) bond motifs is 1. The zero-order valence-electron chi connectivity index (χ0n) is 11.8. The first-order valence-corrected chi connectivity index (χ1v) is 6.87. The van der Waals surface area contributed by atoms with Crippen molar-refractivity contribution in [1.82, 2.24) is 14.8 Å². The minimum absolute atomic E-state index is 0.0477. The van der Waals surface area contributed by atoms with Crippen molar-refractivity contribution in [3.05, 3.63) is 46.2 Å². The molecule has 2 N–H and O–H groups in total. The summed E-state index contributed by atoms with van der Waals surface area (Å²) in [6.07, 6.45) is 1.99. The summed E-state index contributed by atoms with van der Waals surface area (Å²) < 4.78 is 1.33. The van der Waals surface area contributed by atoms with Gasteiger partial charge in [-0.15, -0.1) is 5.10 Å². The standard InChI is InChI=1S/C15H10ClN3O4/c1-7-13(21)10(6-20)9-5-19(18-14(9)17-7)12-4-8(15(22)23)2-3-11(12)16/h2-6,21H,1H3,(H,22,23). The van der Waals surface area contributed by atoms with Gasteiger partial charge in [-0.25, -0.2) is 14.5 Å². The number of nitrogens with zero attached hydrogens (tertiary/aromatic N) is 3. The molecule has 23 heavy (non-hydrogen) atoms. The SMILES string of the molecule is Cc1nc2nn(-c3cc(C(=O)O)ccc3Cl)cc2c(C=O)c1O. The van der Waals surface area contributed by atoms with Gasteiger partial charge < -0.3 is 10.2 Å². The Kier molecular flexibility index (Phi) is 3.49. The van der Waals surface area contributed by atoms with Crippen molar-refractivity contribution in [2.75, 3.05) is 0 Å². The number of pyridine rings is 1. The van der Waals surface area contributed by atoms with Gasteiger partial charge in [0.15, 0.2) is 11.9 Å². The Balaban J connectivity index is 2.28. The third-order valence-electron chi connectivity index (χ3n) is 3.41. The number of benzene rings is 1. The summed E-state index contributed by atoms with van der Waals surface area (Å²) in [6.45, 7) is 1.55. The van der Waals surface area contributed by atoms with E-state index in [4.69, 9.17) is 16.7 Å². The fourth-order valence-corrected chi connectivity index (χ4v) is 2.44. The Hall–Kier alpha value is -2.93. The van der Waals surface area contributed by atoms with Crippen molar-refractivity contribution in [1.29, 1.82) is 0 Å². The molecule has 0 amide bonds. The molecule has 8 heteroatoms. The molecule has 0 saturated heterocycles. The van der Waals surface area contributed by atoms with Crippen LogP contribution >= 0.6 is 11.6 Å². The van der Waals surface area contributed by atoms with Gasteiger partial charge in [-0.05, 0) is 25.1 Å². The van der Waals surface area contributed by atoms with E-state index in [1.54, 1.807) is 6.92 Å². The molecule has 2 aromatic heterocycles. The number of carbonyl (C=O) groups is 2. The van der Waals surface area contributed by atoms with Crippen molar-refractivity contribution in [3.63, 3.8) is 0 Å². The first-order valence-electron chi connectivity index (χ1n) is 6.49. The van der Waals surface area contributed by atoms with Gasteiger partial charge in [-0.2, -0.15) is 0 Å². The third-order valence-corrected chi connectivity index (χ3v) is 3.73. The maximum atomic E-state index is 11.2. The number of aryl methyl sites for hydroxylation is 1. The van der Waals surface area contributed by atoms with Crippen LogP contribution in [0, 0.1) is 6.92 Å². The molecule has 7 nitrogen and oxygen atoms in total. The van der Waals surface area contributed by atoms with Gasteiger partial charge in [0.25, 0.3) is 0 Å². The summed E-state index contributed by atoms with van der Waals surface area (Å²) in [4.78, 5) is 26.4. The third kappa shape index (κ3) is 2.40. The molecule has 0 unspecified atom stereocenters. The fraction of sp³-hybridized carbons (Fsp3) is 0.0667. The van der Waals surface area contributed by atoms with E-state index in [1.165, 1.54) is 29.1 Å². The molecule has 0 aliphatic carbocycles. The second-order valence-corrected chi connectivity index (χ2v) is 5.27. The van der Waals surface area contributed by atoms with Crippen LogP contribution in [0.25, 0.3) is 16.7 Å². The zero-order valence-corrected chi connectivity index (χ0v) is 12.6. The first kappa shape index (κ1) is 15.0. The minimum Gasteiger partial charge on any atom is -0.505 e. The van der Waals surface area contributed by atoms with Crippen molar-refractivity contribution in [2.24, 2.45) is 0 Å². The lowest BCUT2D eigenvalue weighted by atomic mass is 10.1. The van der Waals surface area contributed by atoms with Crippen LogP contribution < -0.4 is 0 Å². The van der Waals surface area contributed by atoms with Crippen LogP contribution in [0.1, 0.15) is 26.4 Å². The van der Waals surface area contributed by atoms with Gasteiger partial charge in [0.1, 0.15) is 5.75 Å². The molecular formula is C15H10ClN3O4. The largest absolute Gasteiger partial charge is 0.505 e. The molecule has 2 heterocycles. The fourth-order valence-electron chi connectivity index (χ4n) is 2.24. The zero-order chi connectivity index (χ0) is 16.7. The average Bonchev–Trinajstić information content (AvgIpc) is 2.91. The maximum Gasteiger partial charge on any atom is 0.335 e. The van der Waals surface area contributed by atoms with Crippen LogP contribution in [0.5, 0.6) is 5.75 Å². The molecule has 1 aromatic carbocycles.